The first kappa shape index (κ1) is 21.5. The zero-order chi connectivity index (χ0) is 22.1. The number of thioether (sulfide) groups is 1. The first-order valence-electron chi connectivity index (χ1n) is 9.82. The molecule has 3 aliphatic heterocycles. The molecule has 2 aromatic carbocycles. The van der Waals surface area contributed by atoms with Crippen molar-refractivity contribution >= 4 is 50.0 Å². The van der Waals surface area contributed by atoms with Gasteiger partial charge in [-0.2, -0.15) is 9.41 Å². The molecule has 0 saturated carbocycles. The first-order chi connectivity index (χ1) is 15.5. The van der Waals surface area contributed by atoms with Gasteiger partial charge in [-0.05, 0) is 36.4 Å². The minimum atomic E-state index is -3.64. The van der Waals surface area contributed by atoms with Crippen molar-refractivity contribution in [2.75, 3.05) is 38.8 Å². The molecule has 5 rings (SSSR count). The quantitative estimate of drug-likeness (QED) is 0.697. The Kier molecular flexibility index (Phi) is 5.99. The molecule has 1 saturated heterocycles. The van der Waals surface area contributed by atoms with Crippen LogP contribution in [0, 0.1) is 0 Å². The van der Waals surface area contributed by atoms with Crippen LogP contribution < -0.4 is 14.9 Å². The molecule has 0 atom stereocenters. The van der Waals surface area contributed by atoms with Crippen LogP contribution in [0.2, 0.25) is 5.02 Å². The van der Waals surface area contributed by atoms with E-state index in [-0.39, 0.29) is 11.7 Å². The van der Waals surface area contributed by atoms with Gasteiger partial charge in [-0.25, -0.2) is 13.4 Å². The Morgan fingerprint density at radius 3 is 2.69 bits per heavy atom. The first-order valence-corrected chi connectivity index (χ1v) is 12.6. The number of halogens is 1. The Morgan fingerprint density at radius 2 is 1.91 bits per heavy atom. The number of hydrogen-bond donors (Lipinski definition) is 1. The SMILES string of the molecule is O=S(=O)(c1ccc(Cl)c(N=C2NN=C(c3ccc4c(c3)OCO4)CS2)c1)N1CCOCC1. The zero-order valence-electron chi connectivity index (χ0n) is 16.8. The van der Waals surface area contributed by atoms with E-state index in [4.69, 9.17) is 25.8 Å². The molecule has 0 bridgehead atoms. The van der Waals surface area contributed by atoms with Gasteiger partial charge in [0.1, 0.15) is 0 Å². The van der Waals surface area contributed by atoms with E-state index in [1.54, 1.807) is 6.07 Å². The smallest absolute Gasteiger partial charge is 0.243 e. The topological polar surface area (TPSA) is 102 Å². The van der Waals surface area contributed by atoms with Crippen molar-refractivity contribution in [1.29, 1.82) is 0 Å². The lowest BCUT2D eigenvalue weighted by atomic mass is 10.1. The maximum atomic E-state index is 12.9. The van der Waals surface area contributed by atoms with Crippen molar-refractivity contribution in [3.8, 4) is 11.5 Å². The molecule has 0 spiro atoms. The fraction of sp³-hybridized carbons (Fsp3) is 0.300. The second-order valence-electron chi connectivity index (χ2n) is 7.07. The number of aliphatic imine (C=N–C) groups is 1. The molecular weight excluding hydrogens is 476 g/mol. The van der Waals surface area contributed by atoms with E-state index in [1.165, 1.54) is 28.2 Å². The van der Waals surface area contributed by atoms with Gasteiger partial charge in [-0.15, -0.1) is 0 Å². The van der Waals surface area contributed by atoms with E-state index in [1.807, 2.05) is 18.2 Å². The average Bonchev–Trinajstić information content (AvgIpc) is 3.29. The highest BCUT2D eigenvalue weighted by molar-refractivity contribution is 8.14. The van der Waals surface area contributed by atoms with Crippen molar-refractivity contribution in [2.45, 2.75) is 4.90 Å². The molecule has 32 heavy (non-hydrogen) atoms. The lowest BCUT2D eigenvalue weighted by molar-refractivity contribution is 0.0730. The highest BCUT2D eigenvalue weighted by Gasteiger charge is 2.27. The van der Waals surface area contributed by atoms with Crippen molar-refractivity contribution in [3.05, 3.63) is 47.0 Å². The van der Waals surface area contributed by atoms with Gasteiger partial charge in [0.2, 0.25) is 16.8 Å². The Morgan fingerprint density at radius 1 is 1.09 bits per heavy atom. The zero-order valence-corrected chi connectivity index (χ0v) is 19.2. The van der Waals surface area contributed by atoms with Crippen molar-refractivity contribution in [2.24, 2.45) is 10.1 Å². The largest absolute Gasteiger partial charge is 0.454 e. The number of benzene rings is 2. The molecular formula is C20H19ClN4O5S2. The molecule has 2 aromatic rings. The van der Waals surface area contributed by atoms with Crippen LogP contribution in [0.4, 0.5) is 5.69 Å². The van der Waals surface area contributed by atoms with Crippen LogP contribution in [0.15, 0.2) is 51.4 Å². The highest BCUT2D eigenvalue weighted by atomic mass is 35.5. The summed E-state index contributed by atoms with van der Waals surface area (Å²) in [5.74, 6) is 1.99. The summed E-state index contributed by atoms with van der Waals surface area (Å²) in [7, 11) is -3.64. The van der Waals surface area contributed by atoms with Gasteiger partial charge in [-0.1, -0.05) is 23.4 Å². The van der Waals surface area contributed by atoms with E-state index >= 15 is 0 Å². The van der Waals surface area contributed by atoms with Gasteiger partial charge >= 0.3 is 0 Å². The second-order valence-corrected chi connectivity index (χ2v) is 10.4. The van der Waals surface area contributed by atoms with Gasteiger partial charge in [0.25, 0.3) is 0 Å². The lowest BCUT2D eigenvalue weighted by Gasteiger charge is -2.26. The van der Waals surface area contributed by atoms with Crippen LogP contribution in [-0.2, 0) is 14.8 Å². The van der Waals surface area contributed by atoms with E-state index in [0.29, 0.717) is 53.7 Å². The standard InChI is InChI=1S/C20H19ClN4O5S2/c21-15-3-2-14(32(26,27)25-5-7-28-8-6-25)10-16(15)22-20-24-23-17(11-31-20)13-1-4-18-19(9-13)30-12-29-18/h1-4,9-10H,5-8,11-12H2,(H,22,24). The Bertz CT molecular complexity index is 1210. The highest BCUT2D eigenvalue weighted by Crippen LogP contribution is 2.34. The fourth-order valence-corrected chi connectivity index (χ4v) is 5.75. The van der Waals surface area contributed by atoms with Crippen LogP contribution >= 0.6 is 23.4 Å². The summed E-state index contributed by atoms with van der Waals surface area (Å²) in [5.41, 5.74) is 5.04. The van der Waals surface area contributed by atoms with E-state index in [9.17, 15) is 8.42 Å². The van der Waals surface area contributed by atoms with E-state index < -0.39 is 10.0 Å². The van der Waals surface area contributed by atoms with E-state index in [2.05, 4.69) is 15.5 Å². The summed E-state index contributed by atoms with van der Waals surface area (Å²) in [4.78, 5) is 4.65. The summed E-state index contributed by atoms with van der Waals surface area (Å²) in [6, 6.07) is 10.2. The molecule has 0 aliphatic carbocycles. The van der Waals surface area contributed by atoms with Gasteiger partial charge in [-0.3, -0.25) is 5.43 Å². The summed E-state index contributed by atoms with van der Waals surface area (Å²) in [6.07, 6.45) is 0. The number of rotatable bonds is 4. The predicted molar refractivity (Wildman–Crippen MR) is 123 cm³/mol. The van der Waals surface area contributed by atoms with Gasteiger partial charge in [0.15, 0.2) is 16.7 Å². The molecule has 12 heteroatoms. The Balaban J connectivity index is 1.36. The number of nitrogens with one attached hydrogen (secondary N) is 1. The molecule has 0 unspecified atom stereocenters. The minimum absolute atomic E-state index is 0.147. The van der Waals surface area contributed by atoms with E-state index in [0.717, 1.165) is 17.0 Å². The van der Waals surface area contributed by atoms with Gasteiger partial charge < -0.3 is 14.2 Å². The van der Waals surface area contributed by atoms with Crippen LogP contribution in [0.1, 0.15) is 5.56 Å². The van der Waals surface area contributed by atoms with Crippen LogP contribution in [0.3, 0.4) is 0 Å². The van der Waals surface area contributed by atoms with Crippen molar-refractivity contribution in [1.82, 2.24) is 9.73 Å². The number of morpholine rings is 1. The molecule has 168 valence electrons. The number of nitrogens with zero attached hydrogens (tertiary/aromatic N) is 3. The molecule has 0 amide bonds. The van der Waals surface area contributed by atoms with Gasteiger partial charge in [0.05, 0.1) is 34.5 Å². The predicted octanol–water partition coefficient (Wildman–Crippen LogP) is 2.82. The second kappa shape index (κ2) is 8.91. The third-order valence-electron chi connectivity index (χ3n) is 5.09. The molecule has 1 N–H and O–H groups in total. The Labute approximate surface area is 194 Å². The minimum Gasteiger partial charge on any atom is -0.454 e. The molecule has 3 heterocycles. The average molecular weight is 495 g/mol. The number of hydrogen-bond acceptors (Lipinski definition) is 8. The van der Waals surface area contributed by atoms with Crippen molar-refractivity contribution in [3.63, 3.8) is 0 Å². The maximum Gasteiger partial charge on any atom is 0.243 e. The third-order valence-corrected chi connectivity index (χ3v) is 8.17. The fourth-order valence-electron chi connectivity index (χ4n) is 3.38. The Hall–Kier alpha value is -2.31. The number of hydrazone groups is 1. The molecule has 9 nitrogen and oxygen atoms in total. The summed E-state index contributed by atoms with van der Waals surface area (Å²) >= 11 is 7.74. The van der Waals surface area contributed by atoms with Crippen molar-refractivity contribution < 1.29 is 22.6 Å². The summed E-state index contributed by atoms with van der Waals surface area (Å²) in [5, 5.41) is 5.29. The van der Waals surface area contributed by atoms with Gasteiger partial charge in [0, 0.05) is 24.4 Å². The van der Waals surface area contributed by atoms with Crippen LogP contribution in [0.5, 0.6) is 11.5 Å². The van der Waals surface area contributed by atoms with Crippen LogP contribution in [0.25, 0.3) is 0 Å². The molecule has 1 fully saturated rings. The molecule has 0 aromatic heterocycles. The van der Waals surface area contributed by atoms with Crippen LogP contribution in [-0.4, -0.2) is 62.5 Å². The number of ether oxygens (including phenoxy) is 3. The molecule has 3 aliphatic rings. The summed E-state index contributed by atoms with van der Waals surface area (Å²) < 4.78 is 43.3. The molecule has 0 radical (unpaired) electrons. The maximum absolute atomic E-state index is 12.9. The third kappa shape index (κ3) is 4.30. The number of amidine groups is 1. The summed E-state index contributed by atoms with van der Waals surface area (Å²) in [6.45, 7) is 1.63. The number of sulfonamides is 1. The normalized spacial score (nSPS) is 20.2. The monoisotopic (exact) mass is 494 g/mol. The number of fused-ring (bicyclic) bond motifs is 1. The lowest BCUT2D eigenvalue weighted by Crippen LogP contribution is -2.40.